The minimum atomic E-state index is -1.11. The molecule has 0 radical (unpaired) electrons. The van der Waals surface area contributed by atoms with Crippen molar-refractivity contribution < 1.29 is 28.7 Å². The minimum Gasteiger partial charge on any atom is -0.460 e. The van der Waals surface area contributed by atoms with E-state index in [-0.39, 0.29) is 13.2 Å². The van der Waals surface area contributed by atoms with E-state index in [1.807, 2.05) is 0 Å². The molecule has 9 heteroatoms. The first kappa shape index (κ1) is 17.9. The Labute approximate surface area is 131 Å². The molecular formula is C13H16N2O6S. The lowest BCUT2D eigenvalue weighted by atomic mass is 10.1. The van der Waals surface area contributed by atoms with Gasteiger partial charge >= 0.3 is 11.9 Å². The van der Waals surface area contributed by atoms with Gasteiger partial charge in [0.05, 0.1) is 18.5 Å². The van der Waals surface area contributed by atoms with Crippen molar-refractivity contribution in [1.29, 1.82) is 0 Å². The highest BCUT2D eigenvalue weighted by atomic mass is 32.2. The molecule has 1 unspecified atom stereocenters. The van der Waals surface area contributed by atoms with Gasteiger partial charge in [0.2, 0.25) is 5.78 Å². The topological polar surface area (TPSA) is 115 Å². The highest BCUT2D eigenvalue weighted by molar-refractivity contribution is 8.00. The van der Waals surface area contributed by atoms with Gasteiger partial charge in [-0.05, 0) is 13.8 Å². The van der Waals surface area contributed by atoms with E-state index in [0.29, 0.717) is 5.16 Å². The Morgan fingerprint density at radius 1 is 1.18 bits per heavy atom. The molecule has 1 N–H and O–H groups in total. The second-order valence-corrected chi connectivity index (χ2v) is 5.12. The van der Waals surface area contributed by atoms with Crippen LogP contribution in [0.3, 0.4) is 0 Å². The van der Waals surface area contributed by atoms with Crippen molar-refractivity contribution in [2.45, 2.75) is 30.7 Å². The maximum atomic E-state index is 12.0. The van der Waals surface area contributed by atoms with E-state index in [2.05, 4.69) is 19.4 Å². The van der Waals surface area contributed by atoms with Gasteiger partial charge in [0.25, 0.3) is 5.78 Å². The molecule has 0 aliphatic carbocycles. The average Bonchev–Trinajstić information content (AvgIpc) is 2.99. The third kappa shape index (κ3) is 5.32. The first-order chi connectivity index (χ1) is 10.5. The SMILES string of the molecule is CCOC(=O)C(=O)CC(Sc1ncc[nH]1)C(=O)C(=O)OCC. The molecule has 8 nitrogen and oxygen atoms in total. The molecule has 1 heterocycles. The van der Waals surface area contributed by atoms with Crippen molar-refractivity contribution in [2.75, 3.05) is 13.2 Å². The van der Waals surface area contributed by atoms with Gasteiger partial charge in [-0.25, -0.2) is 14.6 Å². The number of thioether (sulfide) groups is 1. The summed E-state index contributed by atoms with van der Waals surface area (Å²) in [5.41, 5.74) is 0. The summed E-state index contributed by atoms with van der Waals surface area (Å²) in [5, 5.41) is -0.763. The minimum absolute atomic E-state index is 0.0362. The molecule has 120 valence electrons. The van der Waals surface area contributed by atoms with E-state index in [1.165, 1.54) is 12.4 Å². The maximum Gasteiger partial charge on any atom is 0.375 e. The van der Waals surface area contributed by atoms with Crippen LogP contribution in [0.2, 0.25) is 0 Å². The summed E-state index contributed by atoms with van der Waals surface area (Å²) in [4.78, 5) is 53.3. The van der Waals surface area contributed by atoms with Gasteiger partial charge in [0, 0.05) is 18.8 Å². The number of hydrogen-bond acceptors (Lipinski definition) is 8. The number of hydrogen-bond donors (Lipinski definition) is 1. The first-order valence-electron chi connectivity index (χ1n) is 6.56. The van der Waals surface area contributed by atoms with Crippen LogP contribution in [0.25, 0.3) is 0 Å². The van der Waals surface area contributed by atoms with Crippen molar-refractivity contribution in [1.82, 2.24) is 9.97 Å². The zero-order chi connectivity index (χ0) is 16.5. The number of ketones is 2. The van der Waals surface area contributed by atoms with Crippen LogP contribution in [0.4, 0.5) is 0 Å². The van der Waals surface area contributed by atoms with Crippen molar-refractivity contribution in [3.63, 3.8) is 0 Å². The number of aromatic amines is 1. The monoisotopic (exact) mass is 328 g/mol. The van der Waals surface area contributed by atoms with Crippen LogP contribution in [0.5, 0.6) is 0 Å². The molecule has 1 rings (SSSR count). The third-order valence-electron chi connectivity index (χ3n) is 2.37. The lowest BCUT2D eigenvalue weighted by Crippen LogP contribution is -2.32. The first-order valence-corrected chi connectivity index (χ1v) is 7.44. The number of carbonyl (C=O) groups is 4. The Hall–Kier alpha value is -2.16. The molecular weight excluding hydrogens is 312 g/mol. The summed E-state index contributed by atoms with van der Waals surface area (Å²) in [6, 6.07) is 0. The van der Waals surface area contributed by atoms with E-state index in [9.17, 15) is 19.2 Å². The molecule has 0 amide bonds. The number of ether oxygens (including phenoxy) is 2. The zero-order valence-electron chi connectivity index (χ0n) is 12.2. The fraction of sp³-hybridized carbons (Fsp3) is 0.462. The van der Waals surface area contributed by atoms with Gasteiger partial charge in [-0.15, -0.1) is 0 Å². The number of nitrogens with zero attached hydrogens (tertiary/aromatic N) is 1. The van der Waals surface area contributed by atoms with Crippen LogP contribution in [-0.4, -0.2) is 51.9 Å². The molecule has 0 aliphatic rings. The summed E-state index contributed by atoms with van der Waals surface area (Å²) < 4.78 is 9.21. The molecule has 1 aromatic rings. The fourth-order valence-corrected chi connectivity index (χ4v) is 2.40. The molecule has 0 aliphatic heterocycles. The molecule has 0 saturated heterocycles. The van der Waals surface area contributed by atoms with Gasteiger partial charge in [-0.1, -0.05) is 11.8 Å². The van der Waals surface area contributed by atoms with Gasteiger partial charge in [0.15, 0.2) is 5.16 Å². The standard InChI is InChI=1S/C13H16N2O6S/c1-3-20-11(18)8(16)7-9(10(17)12(19)21-4-2)22-13-14-5-6-15-13/h5-6,9H,3-4,7H2,1-2H3,(H,14,15). The zero-order valence-corrected chi connectivity index (χ0v) is 13.0. The van der Waals surface area contributed by atoms with Crippen LogP contribution in [0.15, 0.2) is 17.6 Å². The summed E-state index contributed by atoms with van der Waals surface area (Å²) >= 11 is 0.876. The second-order valence-electron chi connectivity index (χ2n) is 3.93. The molecule has 0 fully saturated rings. The van der Waals surface area contributed by atoms with Crippen molar-refractivity contribution in [3.8, 4) is 0 Å². The number of esters is 2. The van der Waals surface area contributed by atoms with E-state index in [4.69, 9.17) is 0 Å². The Bertz CT molecular complexity index is 543. The van der Waals surface area contributed by atoms with Gasteiger partial charge < -0.3 is 14.5 Å². The normalized spacial score (nSPS) is 11.5. The highest BCUT2D eigenvalue weighted by Crippen LogP contribution is 2.23. The predicted octanol–water partition coefficient (Wildman–Crippen LogP) is 0.525. The van der Waals surface area contributed by atoms with Crippen LogP contribution < -0.4 is 0 Å². The van der Waals surface area contributed by atoms with Gasteiger partial charge in [-0.3, -0.25) is 9.59 Å². The van der Waals surface area contributed by atoms with E-state index in [1.54, 1.807) is 13.8 Å². The summed E-state index contributed by atoms with van der Waals surface area (Å²) in [5.74, 6) is -3.88. The predicted molar refractivity (Wildman–Crippen MR) is 76.1 cm³/mol. The van der Waals surface area contributed by atoms with Crippen molar-refractivity contribution in [3.05, 3.63) is 12.4 Å². The molecule has 1 atom stereocenters. The van der Waals surface area contributed by atoms with Crippen LogP contribution >= 0.6 is 11.8 Å². The molecule has 0 spiro atoms. The fourth-order valence-electron chi connectivity index (χ4n) is 1.43. The number of Topliss-reactive ketones (excluding diaryl/α,β-unsaturated/α-hetero) is 2. The Balaban J connectivity index is 2.81. The molecule has 1 aromatic heterocycles. The van der Waals surface area contributed by atoms with Crippen molar-refractivity contribution in [2.24, 2.45) is 0 Å². The van der Waals surface area contributed by atoms with Crippen LogP contribution in [-0.2, 0) is 28.7 Å². The second kappa shape index (κ2) is 8.98. The van der Waals surface area contributed by atoms with Gasteiger partial charge in [-0.2, -0.15) is 0 Å². The molecule has 22 heavy (non-hydrogen) atoms. The van der Waals surface area contributed by atoms with Gasteiger partial charge in [0.1, 0.15) is 0 Å². The molecule has 0 saturated carbocycles. The highest BCUT2D eigenvalue weighted by Gasteiger charge is 2.32. The third-order valence-corrected chi connectivity index (χ3v) is 3.48. The smallest absolute Gasteiger partial charge is 0.375 e. The number of imidazole rings is 1. The number of H-pyrrole nitrogens is 1. The summed E-state index contributed by atoms with van der Waals surface area (Å²) in [6.07, 6.45) is 2.52. The Kier molecular flexibility index (Phi) is 7.30. The van der Waals surface area contributed by atoms with E-state index >= 15 is 0 Å². The lowest BCUT2D eigenvalue weighted by Gasteiger charge is -2.12. The van der Waals surface area contributed by atoms with Crippen LogP contribution in [0.1, 0.15) is 20.3 Å². The average molecular weight is 328 g/mol. The van der Waals surface area contributed by atoms with E-state index in [0.717, 1.165) is 11.8 Å². The number of nitrogens with one attached hydrogen (secondary N) is 1. The Morgan fingerprint density at radius 3 is 2.36 bits per heavy atom. The quantitative estimate of drug-likeness (QED) is 0.396. The summed E-state index contributed by atoms with van der Waals surface area (Å²) in [6.45, 7) is 3.20. The lowest BCUT2D eigenvalue weighted by molar-refractivity contribution is -0.155. The molecule has 0 aromatic carbocycles. The van der Waals surface area contributed by atoms with E-state index < -0.39 is 35.2 Å². The van der Waals surface area contributed by atoms with Crippen molar-refractivity contribution >= 4 is 35.3 Å². The number of aromatic nitrogens is 2. The molecule has 0 bridgehead atoms. The Morgan fingerprint density at radius 2 is 1.82 bits per heavy atom. The number of rotatable bonds is 9. The van der Waals surface area contributed by atoms with Crippen LogP contribution in [0, 0.1) is 0 Å². The maximum absolute atomic E-state index is 12.0. The summed E-state index contributed by atoms with van der Waals surface area (Å²) in [7, 11) is 0. The largest absolute Gasteiger partial charge is 0.460 e. The number of carbonyl (C=O) groups excluding carboxylic acids is 4.